The van der Waals surface area contributed by atoms with Crippen LogP contribution in [-0.2, 0) is 0 Å². The Morgan fingerprint density at radius 3 is 2.12 bits per heavy atom. The lowest BCUT2D eigenvalue weighted by atomic mass is 10.0. The normalized spacial score (nSPS) is 16.6. The molecule has 0 bridgehead atoms. The highest BCUT2D eigenvalue weighted by Gasteiger charge is 2.22. The molecule has 7 aromatic carbocycles. The van der Waals surface area contributed by atoms with Gasteiger partial charge in [-0.15, -0.1) is 11.3 Å². The molecule has 6 heteroatoms. The third kappa shape index (κ3) is 4.30. The van der Waals surface area contributed by atoms with E-state index >= 15 is 0 Å². The first-order chi connectivity index (χ1) is 32.3. The molecule has 0 fully saturated rings. The maximum absolute atomic E-state index is 9.58. The van der Waals surface area contributed by atoms with E-state index in [4.69, 9.17) is 35.8 Å². The lowest BCUT2D eigenvalue weighted by Gasteiger charge is -2.12. The Balaban J connectivity index is 1.33. The van der Waals surface area contributed by atoms with Crippen LogP contribution in [0.25, 0.3) is 104 Å². The highest BCUT2D eigenvalue weighted by Crippen LogP contribution is 2.42. The Labute approximate surface area is 319 Å². The average Bonchev–Trinajstić information content (AvgIpc) is 4.05. The molecule has 11 rings (SSSR count). The number of furan rings is 1. The fourth-order valence-corrected chi connectivity index (χ4v) is 7.47. The van der Waals surface area contributed by atoms with Gasteiger partial charge in [0.1, 0.15) is 11.2 Å². The largest absolute Gasteiger partial charge is 0.455 e. The lowest BCUT2D eigenvalue weighted by molar-refractivity contribution is 0.673. The number of fused-ring (bicyclic) bond motifs is 10. The topological polar surface area (TPSA) is 56.7 Å². The van der Waals surface area contributed by atoms with E-state index in [1.165, 1.54) is 0 Å². The third-order valence-corrected chi connectivity index (χ3v) is 9.83. The molecule has 5 nitrogen and oxygen atoms in total. The highest BCUT2D eigenvalue weighted by atomic mass is 32.1. The zero-order valence-corrected chi connectivity index (χ0v) is 26.6. The van der Waals surface area contributed by atoms with Crippen LogP contribution in [0.4, 0.5) is 0 Å². The van der Waals surface area contributed by atoms with Gasteiger partial charge < -0.3 is 4.42 Å². The number of thiophene rings is 1. The standard InChI is InChI=1S/C45H26N4OS/c1-2-11-27(12-3-1)28-21-23-29(24-22-28)43-46-44(35-17-10-16-33-31-14-6-9-20-39(31)51-42(33)35)48-45(47-43)49-36-18-7-4-15-34(36)40-37(49)26-25-32-30-13-5-8-19-38(30)50-41(32)40/h1-26H/i4D,5D,6D,7D,8D,9D,10D,13D,14D,15D,16D,17D,18D,19D,20D,25D,26D. The summed E-state index contributed by atoms with van der Waals surface area (Å²) in [6.45, 7) is 0. The average molecular weight is 688 g/mol. The van der Waals surface area contributed by atoms with E-state index in [1.807, 2.05) is 42.5 Å². The van der Waals surface area contributed by atoms with Gasteiger partial charge in [0.05, 0.1) is 39.7 Å². The van der Waals surface area contributed by atoms with Crippen molar-refractivity contribution < 1.29 is 27.7 Å². The zero-order chi connectivity index (χ0) is 48.3. The minimum atomic E-state index is -0.694. The molecule has 0 saturated heterocycles. The number of benzene rings is 7. The zero-order valence-electron chi connectivity index (χ0n) is 42.8. The monoisotopic (exact) mass is 687 g/mol. The van der Waals surface area contributed by atoms with E-state index in [0.717, 1.165) is 27.0 Å². The minimum absolute atomic E-state index is 0.0430. The lowest BCUT2D eigenvalue weighted by Crippen LogP contribution is -2.06. The molecule has 11 aromatic rings. The van der Waals surface area contributed by atoms with Crippen molar-refractivity contribution in [3.63, 3.8) is 0 Å². The summed E-state index contributed by atoms with van der Waals surface area (Å²) in [6.07, 6.45) is 0. The first-order valence-corrected chi connectivity index (χ1v) is 16.4. The van der Waals surface area contributed by atoms with Crippen LogP contribution < -0.4 is 0 Å². The van der Waals surface area contributed by atoms with E-state index in [1.54, 1.807) is 12.1 Å². The number of rotatable bonds is 4. The Morgan fingerprint density at radius 2 is 1.24 bits per heavy atom. The summed E-state index contributed by atoms with van der Waals surface area (Å²) >= 11 is 0.847. The Morgan fingerprint density at radius 1 is 0.529 bits per heavy atom. The summed E-state index contributed by atoms with van der Waals surface area (Å²) in [5, 5.41) is -0.890. The Bertz CT molecular complexity index is 4120. The molecule has 0 saturated carbocycles. The third-order valence-electron chi connectivity index (χ3n) is 8.70. The fourth-order valence-electron chi connectivity index (χ4n) is 6.41. The molecule has 51 heavy (non-hydrogen) atoms. The first-order valence-electron chi connectivity index (χ1n) is 24.1. The fraction of sp³-hybridized carbons (Fsp3) is 0. The molecular formula is C45H26N4OS. The van der Waals surface area contributed by atoms with Gasteiger partial charge in [-0.3, -0.25) is 4.57 Å². The van der Waals surface area contributed by atoms with Crippen molar-refractivity contribution in [1.82, 2.24) is 19.5 Å². The van der Waals surface area contributed by atoms with E-state index in [0.29, 0.717) is 5.56 Å². The number of para-hydroxylation sites is 2. The molecular weight excluding hydrogens is 645 g/mol. The van der Waals surface area contributed by atoms with E-state index in [2.05, 4.69) is 0 Å². The van der Waals surface area contributed by atoms with Crippen LogP contribution in [0.3, 0.4) is 0 Å². The molecule has 4 heterocycles. The second-order valence-corrected chi connectivity index (χ2v) is 12.5. The quantitative estimate of drug-likeness (QED) is 0.185. The molecule has 0 radical (unpaired) electrons. The van der Waals surface area contributed by atoms with Crippen molar-refractivity contribution in [2.75, 3.05) is 0 Å². The molecule has 0 amide bonds. The summed E-state index contributed by atoms with van der Waals surface area (Å²) in [6, 6.07) is 6.74. The summed E-state index contributed by atoms with van der Waals surface area (Å²) in [7, 11) is 0. The predicted molar refractivity (Wildman–Crippen MR) is 211 cm³/mol. The van der Waals surface area contributed by atoms with Gasteiger partial charge in [-0.2, -0.15) is 9.97 Å². The molecule has 0 spiro atoms. The van der Waals surface area contributed by atoms with Crippen LogP contribution in [0.5, 0.6) is 0 Å². The van der Waals surface area contributed by atoms with Gasteiger partial charge in [0.15, 0.2) is 11.6 Å². The summed E-state index contributed by atoms with van der Waals surface area (Å²) in [5.41, 5.74) is 0.742. The number of nitrogens with zero attached hydrogens (tertiary/aromatic N) is 4. The predicted octanol–water partition coefficient (Wildman–Crippen LogP) is 12.2. The van der Waals surface area contributed by atoms with Crippen molar-refractivity contribution in [2.45, 2.75) is 0 Å². The minimum Gasteiger partial charge on any atom is -0.455 e. The molecule has 0 aliphatic heterocycles. The summed E-state index contributed by atoms with van der Waals surface area (Å²) in [5.74, 6) is -0.801. The van der Waals surface area contributed by atoms with Gasteiger partial charge in [-0.1, -0.05) is 121 Å². The molecule has 0 aliphatic rings. The molecule has 238 valence electrons. The van der Waals surface area contributed by atoms with Gasteiger partial charge in [-0.05, 0) is 47.4 Å². The van der Waals surface area contributed by atoms with Gasteiger partial charge in [0.2, 0.25) is 5.95 Å². The molecule has 0 aliphatic carbocycles. The SMILES string of the molecule is [2H]c1c([2H])c([2H])c2c(oc3c2c([2H])c([2H])c2c3c3c([2H])c([2H])c([2H])c([2H])c3n2-c2nc(-c3ccc(-c4ccccc4)cc3)nc(-c3c([2H])c([2H])c([2H])c4c3sc3c([2H])c([2H])c([2H])c([2H])c34)n2)c1[2H]. The van der Waals surface area contributed by atoms with Gasteiger partial charge >= 0.3 is 0 Å². The second-order valence-electron chi connectivity index (χ2n) is 11.5. The molecule has 4 aromatic heterocycles. The van der Waals surface area contributed by atoms with Crippen molar-refractivity contribution in [3.05, 3.63) is 157 Å². The van der Waals surface area contributed by atoms with Gasteiger partial charge in [0, 0.05) is 47.5 Å². The van der Waals surface area contributed by atoms with Crippen molar-refractivity contribution in [1.29, 1.82) is 0 Å². The van der Waals surface area contributed by atoms with Crippen molar-refractivity contribution in [3.8, 4) is 39.9 Å². The van der Waals surface area contributed by atoms with E-state index in [-0.39, 0.29) is 81.1 Å². The van der Waals surface area contributed by atoms with Crippen LogP contribution in [0.15, 0.2) is 162 Å². The molecule has 0 N–H and O–H groups in total. The number of aromatic nitrogens is 4. The van der Waals surface area contributed by atoms with Crippen LogP contribution in [0.1, 0.15) is 23.3 Å². The number of hydrogen-bond acceptors (Lipinski definition) is 5. The second kappa shape index (κ2) is 10.9. The van der Waals surface area contributed by atoms with Crippen molar-refractivity contribution >= 4 is 75.3 Å². The molecule has 0 atom stereocenters. The Kier molecular flexibility index (Phi) is 3.51. The van der Waals surface area contributed by atoms with E-state index < -0.39 is 109 Å². The van der Waals surface area contributed by atoms with Crippen LogP contribution in [0.2, 0.25) is 0 Å². The van der Waals surface area contributed by atoms with E-state index in [9.17, 15) is 6.85 Å². The van der Waals surface area contributed by atoms with Gasteiger partial charge in [-0.25, -0.2) is 4.98 Å². The smallest absolute Gasteiger partial charge is 0.238 e. The van der Waals surface area contributed by atoms with Gasteiger partial charge in [0.25, 0.3) is 0 Å². The Hall–Kier alpha value is -6.63. The molecule has 0 unspecified atom stereocenters. The van der Waals surface area contributed by atoms with Crippen LogP contribution in [0, 0.1) is 0 Å². The first kappa shape index (κ1) is 16.4. The van der Waals surface area contributed by atoms with Crippen LogP contribution >= 0.6 is 11.3 Å². The van der Waals surface area contributed by atoms with Crippen LogP contribution in [-0.4, -0.2) is 19.5 Å². The highest BCUT2D eigenvalue weighted by molar-refractivity contribution is 7.26. The summed E-state index contributed by atoms with van der Waals surface area (Å²) in [4.78, 5) is 14.5. The number of hydrogen-bond donors (Lipinski definition) is 0. The maximum atomic E-state index is 9.58. The maximum Gasteiger partial charge on any atom is 0.238 e. The van der Waals surface area contributed by atoms with Crippen molar-refractivity contribution in [2.24, 2.45) is 0 Å². The summed E-state index contributed by atoms with van der Waals surface area (Å²) < 4.78 is 158.